The molecule has 0 unspecified atom stereocenters. The number of aryl methyl sites for hydroxylation is 1. The zero-order valence-electron chi connectivity index (χ0n) is 11.6. The van der Waals surface area contributed by atoms with Crippen LogP contribution in [0.25, 0.3) is 0 Å². The second-order valence-electron chi connectivity index (χ2n) is 5.42. The Bertz CT molecular complexity index is 382. The third-order valence-electron chi connectivity index (χ3n) is 3.21. The smallest absolute Gasteiger partial charge is 0.119 e. The summed E-state index contributed by atoms with van der Waals surface area (Å²) in [4.78, 5) is 0. The van der Waals surface area contributed by atoms with E-state index in [1.165, 1.54) is 5.56 Å². The Balaban J connectivity index is 2.20. The van der Waals surface area contributed by atoms with Crippen LogP contribution < -0.4 is 10.5 Å². The Morgan fingerprint density at radius 2 is 1.83 bits per heavy atom. The Morgan fingerprint density at radius 3 is 2.39 bits per heavy atom. The van der Waals surface area contributed by atoms with Gasteiger partial charge in [-0.15, -0.1) is 0 Å². The maximum atomic E-state index is 7.48. The van der Waals surface area contributed by atoms with Gasteiger partial charge < -0.3 is 10.5 Å². The second kappa shape index (κ2) is 6.43. The van der Waals surface area contributed by atoms with Crippen molar-refractivity contribution in [2.75, 3.05) is 6.61 Å². The van der Waals surface area contributed by atoms with E-state index in [0.717, 1.165) is 31.6 Å². The molecule has 100 valence electrons. The van der Waals surface area contributed by atoms with Crippen molar-refractivity contribution in [2.24, 2.45) is 11.1 Å². The fourth-order valence-electron chi connectivity index (χ4n) is 1.63. The van der Waals surface area contributed by atoms with Crippen LogP contribution in [0.5, 0.6) is 5.75 Å². The van der Waals surface area contributed by atoms with Crippen molar-refractivity contribution in [1.82, 2.24) is 0 Å². The summed E-state index contributed by atoms with van der Waals surface area (Å²) in [6.45, 7) is 6.80. The number of nitrogens with two attached hydrogens (primary N) is 1. The number of nitrogens with one attached hydrogen (secondary N) is 1. The fourth-order valence-corrected chi connectivity index (χ4v) is 1.63. The average Bonchev–Trinajstić information content (AvgIpc) is 2.31. The van der Waals surface area contributed by atoms with Crippen molar-refractivity contribution in [1.29, 1.82) is 5.41 Å². The van der Waals surface area contributed by atoms with Crippen LogP contribution in [0.4, 0.5) is 0 Å². The molecule has 3 heteroatoms. The van der Waals surface area contributed by atoms with E-state index < -0.39 is 0 Å². The highest BCUT2D eigenvalue weighted by atomic mass is 16.5. The molecule has 0 saturated carbocycles. The first-order valence-corrected chi connectivity index (χ1v) is 6.46. The molecule has 0 radical (unpaired) electrons. The van der Waals surface area contributed by atoms with Crippen molar-refractivity contribution in [3.8, 4) is 5.75 Å². The van der Waals surface area contributed by atoms with Gasteiger partial charge in [0.2, 0.25) is 0 Å². The lowest BCUT2D eigenvalue weighted by atomic mass is 9.86. The van der Waals surface area contributed by atoms with Gasteiger partial charge >= 0.3 is 0 Å². The van der Waals surface area contributed by atoms with E-state index in [4.69, 9.17) is 15.9 Å². The van der Waals surface area contributed by atoms with E-state index >= 15 is 0 Å². The van der Waals surface area contributed by atoms with E-state index in [9.17, 15) is 0 Å². The van der Waals surface area contributed by atoms with Crippen molar-refractivity contribution < 1.29 is 4.74 Å². The molecule has 1 aromatic carbocycles. The van der Waals surface area contributed by atoms with Gasteiger partial charge in [0, 0.05) is 5.41 Å². The van der Waals surface area contributed by atoms with Crippen molar-refractivity contribution in [3.63, 3.8) is 0 Å². The van der Waals surface area contributed by atoms with Crippen LogP contribution in [-0.2, 0) is 0 Å². The highest BCUT2D eigenvalue weighted by Gasteiger charge is 2.20. The van der Waals surface area contributed by atoms with Crippen LogP contribution in [0.15, 0.2) is 24.3 Å². The summed E-state index contributed by atoms with van der Waals surface area (Å²) in [5.74, 6) is 1.19. The van der Waals surface area contributed by atoms with Crippen LogP contribution in [0.1, 0.15) is 38.7 Å². The van der Waals surface area contributed by atoms with Crippen LogP contribution in [-0.4, -0.2) is 12.4 Å². The van der Waals surface area contributed by atoms with Gasteiger partial charge in [0.05, 0.1) is 12.4 Å². The van der Waals surface area contributed by atoms with Crippen molar-refractivity contribution in [2.45, 2.75) is 40.0 Å². The lowest BCUT2D eigenvalue weighted by Gasteiger charge is -2.22. The van der Waals surface area contributed by atoms with E-state index in [1.54, 1.807) is 0 Å². The van der Waals surface area contributed by atoms with E-state index in [0.29, 0.717) is 0 Å². The number of hydrogen-bond acceptors (Lipinski definition) is 2. The van der Waals surface area contributed by atoms with Gasteiger partial charge in [-0.05, 0) is 38.3 Å². The van der Waals surface area contributed by atoms with Gasteiger partial charge in [-0.3, -0.25) is 5.41 Å². The minimum absolute atomic E-state index is 0.191. The lowest BCUT2D eigenvalue weighted by Crippen LogP contribution is -2.30. The first-order chi connectivity index (χ1) is 8.42. The molecule has 0 atom stereocenters. The third kappa shape index (κ3) is 4.78. The first kappa shape index (κ1) is 14.6. The van der Waals surface area contributed by atoms with E-state index in [-0.39, 0.29) is 11.3 Å². The minimum atomic E-state index is -0.191. The lowest BCUT2D eigenvalue weighted by molar-refractivity contribution is 0.296. The summed E-state index contributed by atoms with van der Waals surface area (Å²) in [5.41, 5.74) is 6.59. The van der Waals surface area contributed by atoms with Crippen molar-refractivity contribution >= 4 is 5.84 Å². The number of hydrogen-bond donors (Lipinski definition) is 2. The third-order valence-corrected chi connectivity index (χ3v) is 3.21. The molecule has 0 spiro atoms. The number of rotatable bonds is 7. The highest BCUT2D eigenvalue weighted by Crippen LogP contribution is 2.22. The molecule has 1 rings (SSSR count). The Hall–Kier alpha value is -1.51. The second-order valence-corrected chi connectivity index (χ2v) is 5.42. The minimum Gasteiger partial charge on any atom is -0.494 e. The zero-order valence-corrected chi connectivity index (χ0v) is 11.6. The average molecular weight is 248 g/mol. The normalized spacial score (nSPS) is 11.3. The zero-order chi connectivity index (χ0) is 13.6. The molecule has 3 N–H and O–H groups in total. The van der Waals surface area contributed by atoms with Crippen molar-refractivity contribution in [3.05, 3.63) is 29.8 Å². The molecule has 0 aliphatic carbocycles. The van der Waals surface area contributed by atoms with Gasteiger partial charge in [-0.1, -0.05) is 31.5 Å². The summed E-state index contributed by atoms with van der Waals surface area (Å²) < 4.78 is 5.65. The summed E-state index contributed by atoms with van der Waals surface area (Å²) in [6.07, 6.45) is 2.95. The number of ether oxygens (including phenoxy) is 1. The fraction of sp³-hybridized carbons (Fsp3) is 0.533. The molecular weight excluding hydrogens is 224 g/mol. The van der Waals surface area contributed by atoms with Gasteiger partial charge in [0.1, 0.15) is 5.75 Å². The van der Waals surface area contributed by atoms with Crippen LogP contribution in [0.3, 0.4) is 0 Å². The van der Waals surface area contributed by atoms with E-state index in [1.807, 2.05) is 38.1 Å². The SMILES string of the molecule is Cc1ccc(OCCCCC(C)(C)C(=N)N)cc1. The highest BCUT2D eigenvalue weighted by molar-refractivity contribution is 5.82. The summed E-state index contributed by atoms with van der Waals surface area (Å²) in [7, 11) is 0. The Labute approximate surface area is 110 Å². The maximum Gasteiger partial charge on any atom is 0.119 e. The van der Waals surface area contributed by atoms with Gasteiger partial charge in [0.15, 0.2) is 0 Å². The Kier molecular flexibility index (Phi) is 5.20. The van der Waals surface area contributed by atoms with Crippen LogP contribution in [0.2, 0.25) is 0 Å². The molecule has 0 aromatic heterocycles. The molecule has 0 fully saturated rings. The van der Waals surface area contributed by atoms with Gasteiger partial charge in [-0.25, -0.2) is 0 Å². The van der Waals surface area contributed by atoms with Crippen LogP contribution in [0, 0.1) is 17.7 Å². The molecule has 0 saturated heterocycles. The molecule has 0 bridgehead atoms. The molecule has 0 heterocycles. The molecular formula is C15H24N2O. The quantitative estimate of drug-likeness (QED) is 0.441. The monoisotopic (exact) mass is 248 g/mol. The van der Waals surface area contributed by atoms with Crippen LogP contribution >= 0.6 is 0 Å². The summed E-state index contributed by atoms with van der Waals surface area (Å²) in [6, 6.07) is 8.09. The maximum absolute atomic E-state index is 7.48. The Morgan fingerprint density at radius 1 is 1.22 bits per heavy atom. The number of unbranched alkanes of at least 4 members (excludes halogenated alkanes) is 1. The predicted molar refractivity (Wildman–Crippen MR) is 76.2 cm³/mol. The molecule has 0 aliphatic heterocycles. The molecule has 18 heavy (non-hydrogen) atoms. The number of benzene rings is 1. The topological polar surface area (TPSA) is 59.1 Å². The van der Waals surface area contributed by atoms with Gasteiger partial charge in [-0.2, -0.15) is 0 Å². The molecule has 1 aromatic rings. The number of amidine groups is 1. The molecule has 0 amide bonds. The predicted octanol–water partition coefficient (Wildman–Crippen LogP) is 3.51. The summed E-state index contributed by atoms with van der Waals surface area (Å²) >= 11 is 0. The largest absolute Gasteiger partial charge is 0.494 e. The summed E-state index contributed by atoms with van der Waals surface area (Å²) in [5, 5.41) is 7.48. The van der Waals surface area contributed by atoms with Gasteiger partial charge in [0.25, 0.3) is 0 Å². The molecule has 0 aliphatic rings. The van der Waals surface area contributed by atoms with E-state index in [2.05, 4.69) is 6.92 Å². The standard InChI is InChI=1S/C15H24N2O/c1-12-6-8-13(9-7-12)18-11-5-4-10-15(2,3)14(16)17/h6-9H,4-5,10-11H2,1-3H3,(H3,16,17). The molecule has 3 nitrogen and oxygen atoms in total. The first-order valence-electron chi connectivity index (χ1n) is 6.46.